The van der Waals surface area contributed by atoms with Crippen molar-refractivity contribution in [3.05, 3.63) is 29.3 Å². The molecule has 0 aliphatic heterocycles. The van der Waals surface area contributed by atoms with E-state index in [1.54, 1.807) is 32.2 Å². The van der Waals surface area contributed by atoms with E-state index in [1.165, 1.54) is 4.31 Å². The molecule has 0 spiro atoms. The summed E-state index contributed by atoms with van der Waals surface area (Å²) in [6.07, 6.45) is 0. The van der Waals surface area contributed by atoms with Gasteiger partial charge >= 0.3 is 0 Å². The van der Waals surface area contributed by atoms with Crippen molar-refractivity contribution in [3.8, 4) is 0 Å². The molecule has 1 aromatic carbocycles. The van der Waals surface area contributed by atoms with Crippen molar-refractivity contribution in [3.63, 3.8) is 0 Å². The summed E-state index contributed by atoms with van der Waals surface area (Å²) in [5.41, 5.74) is 1.26. The number of aliphatic hydroxyl groups excluding tert-OH is 1. The second-order valence-electron chi connectivity index (χ2n) is 5.20. The zero-order valence-corrected chi connectivity index (χ0v) is 13.0. The smallest absolute Gasteiger partial charge is 0.243 e. The highest BCUT2D eigenvalue weighted by molar-refractivity contribution is 7.89. The van der Waals surface area contributed by atoms with E-state index in [9.17, 15) is 13.5 Å². The molecule has 4 nitrogen and oxygen atoms in total. The molecule has 1 aromatic rings. The van der Waals surface area contributed by atoms with Gasteiger partial charge in [-0.2, -0.15) is 4.31 Å². The van der Waals surface area contributed by atoms with Crippen LogP contribution in [0.15, 0.2) is 23.1 Å². The van der Waals surface area contributed by atoms with Gasteiger partial charge in [-0.3, -0.25) is 0 Å². The van der Waals surface area contributed by atoms with E-state index >= 15 is 0 Å². The molecule has 0 fully saturated rings. The quantitative estimate of drug-likeness (QED) is 0.902. The van der Waals surface area contributed by atoms with Crippen molar-refractivity contribution in [1.82, 2.24) is 4.31 Å². The first-order valence-corrected chi connectivity index (χ1v) is 7.84. The summed E-state index contributed by atoms with van der Waals surface area (Å²) in [5.74, 6) is 0.237. The van der Waals surface area contributed by atoms with Crippen LogP contribution in [0.3, 0.4) is 0 Å². The van der Waals surface area contributed by atoms with E-state index in [0.29, 0.717) is 11.1 Å². The lowest BCUT2D eigenvalue weighted by Crippen LogP contribution is -2.38. The number of sulfonamides is 1. The van der Waals surface area contributed by atoms with E-state index in [-0.39, 0.29) is 23.5 Å². The third-order valence-corrected chi connectivity index (χ3v) is 5.85. The van der Waals surface area contributed by atoms with Gasteiger partial charge in [-0.15, -0.1) is 0 Å². The highest BCUT2D eigenvalue weighted by Gasteiger charge is 2.28. The van der Waals surface area contributed by atoms with Crippen LogP contribution in [0.4, 0.5) is 0 Å². The van der Waals surface area contributed by atoms with Crippen LogP contribution in [0.5, 0.6) is 0 Å². The van der Waals surface area contributed by atoms with Crippen molar-refractivity contribution in [2.24, 2.45) is 5.92 Å². The van der Waals surface area contributed by atoms with Crippen LogP contribution in [0, 0.1) is 12.8 Å². The highest BCUT2D eigenvalue weighted by Crippen LogP contribution is 2.24. The van der Waals surface area contributed by atoms with Gasteiger partial charge in [-0.1, -0.05) is 26.0 Å². The Kier molecular flexibility index (Phi) is 5.12. The monoisotopic (exact) mass is 285 g/mol. The van der Waals surface area contributed by atoms with Gasteiger partial charge < -0.3 is 5.11 Å². The average molecular weight is 285 g/mol. The molecular formula is C14H23NO3S. The molecule has 0 aromatic heterocycles. The van der Waals surface area contributed by atoms with Gasteiger partial charge in [-0.05, 0) is 37.0 Å². The zero-order chi connectivity index (χ0) is 14.8. The Morgan fingerprint density at radius 1 is 1.26 bits per heavy atom. The number of rotatable bonds is 5. The molecule has 1 N–H and O–H groups in total. The number of aliphatic hydroxyl groups is 1. The molecule has 0 saturated heterocycles. The summed E-state index contributed by atoms with van der Waals surface area (Å²) in [4.78, 5) is 0.272. The lowest BCUT2D eigenvalue weighted by molar-refractivity contribution is 0.280. The first-order chi connectivity index (χ1) is 8.73. The second-order valence-corrected chi connectivity index (χ2v) is 7.17. The van der Waals surface area contributed by atoms with Crippen molar-refractivity contribution >= 4 is 10.0 Å². The standard InChI is InChI=1S/C14H23NO3S/c1-10(2)12(4)15(5)19(17,18)14-8-6-7-13(9-16)11(14)3/h6-8,10,12,16H,9H2,1-5H3. The fourth-order valence-electron chi connectivity index (χ4n) is 1.90. The third-order valence-electron chi connectivity index (χ3n) is 3.76. The summed E-state index contributed by atoms with van der Waals surface area (Å²) in [6.45, 7) is 7.46. The van der Waals surface area contributed by atoms with Crippen molar-refractivity contribution in [2.45, 2.75) is 45.2 Å². The summed E-state index contributed by atoms with van der Waals surface area (Å²) < 4.78 is 26.6. The Morgan fingerprint density at radius 2 is 1.84 bits per heavy atom. The largest absolute Gasteiger partial charge is 0.392 e. The van der Waals surface area contributed by atoms with Crippen molar-refractivity contribution < 1.29 is 13.5 Å². The summed E-state index contributed by atoms with van der Waals surface area (Å²) in [5, 5.41) is 9.24. The van der Waals surface area contributed by atoms with E-state index in [2.05, 4.69) is 0 Å². The predicted molar refractivity (Wildman–Crippen MR) is 76.4 cm³/mol. The fraction of sp³-hybridized carbons (Fsp3) is 0.571. The minimum atomic E-state index is -3.52. The third kappa shape index (κ3) is 3.16. The summed E-state index contributed by atoms with van der Waals surface area (Å²) >= 11 is 0. The molecule has 5 heteroatoms. The molecule has 108 valence electrons. The number of nitrogens with zero attached hydrogens (tertiary/aromatic N) is 1. The molecule has 0 bridgehead atoms. The summed E-state index contributed by atoms with van der Waals surface area (Å²) in [6, 6.07) is 4.91. The molecule has 0 heterocycles. The van der Waals surface area contributed by atoms with Crippen LogP contribution < -0.4 is 0 Å². The van der Waals surface area contributed by atoms with Gasteiger partial charge in [0.05, 0.1) is 11.5 Å². The normalized spacial score (nSPS) is 14.1. The minimum absolute atomic E-state index is 0.0813. The maximum absolute atomic E-state index is 12.6. The molecule has 1 rings (SSSR count). The summed E-state index contributed by atoms with van der Waals surface area (Å²) in [7, 11) is -1.92. The minimum Gasteiger partial charge on any atom is -0.392 e. The maximum Gasteiger partial charge on any atom is 0.243 e. The van der Waals surface area contributed by atoms with Crippen LogP contribution in [0.1, 0.15) is 31.9 Å². The molecule has 0 aliphatic rings. The lowest BCUT2D eigenvalue weighted by atomic mass is 10.1. The molecule has 1 atom stereocenters. The molecule has 19 heavy (non-hydrogen) atoms. The molecular weight excluding hydrogens is 262 g/mol. The average Bonchev–Trinajstić information content (AvgIpc) is 2.36. The Hall–Kier alpha value is -0.910. The van der Waals surface area contributed by atoms with Gasteiger partial charge in [0.15, 0.2) is 0 Å². The number of benzene rings is 1. The van der Waals surface area contributed by atoms with Crippen molar-refractivity contribution in [1.29, 1.82) is 0 Å². The van der Waals surface area contributed by atoms with Gasteiger partial charge in [0.25, 0.3) is 0 Å². The van der Waals surface area contributed by atoms with E-state index < -0.39 is 10.0 Å². The molecule has 0 amide bonds. The molecule has 0 aliphatic carbocycles. The first kappa shape index (κ1) is 16.1. The molecule has 0 saturated carbocycles. The van der Waals surface area contributed by atoms with Crippen LogP contribution in [-0.2, 0) is 16.6 Å². The van der Waals surface area contributed by atoms with Crippen molar-refractivity contribution in [2.75, 3.05) is 7.05 Å². The Bertz CT molecular complexity index is 538. The van der Waals surface area contributed by atoms with Gasteiger partial charge in [0, 0.05) is 13.1 Å². The maximum atomic E-state index is 12.6. The SMILES string of the molecule is Cc1c(CO)cccc1S(=O)(=O)N(C)C(C)C(C)C. The van der Waals surface area contributed by atoms with Crippen LogP contribution >= 0.6 is 0 Å². The Morgan fingerprint density at radius 3 is 2.32 bits per heavy atom. The van der Waals surface area contributed by atoms with E-state index in [1.807, 2.05) is 20.8 Å². The topological polar surface area (TPSA) is 57.6 Å². The first-order valence-electron chi connectivity index (χ1n) is 6.40. The van der Waals surface area contributed by atoms with Crippen LogP contribution in [0.2, 0.25) is 0 Å². The molecule has 1 unspecified atom stereocenters. The number of hydrogen-bond acceptors (Lipinski definition) is 3. The predicted octanol–water partition coefficient (Wildman–Crippen LogP) is 2.15. The lowest BCUT2D eigenvalue weighted by Gasteiger charge is -2.28. The van der Waals surface area contributed by atoms with Gasteiger partial charge in [-0.25, -0.2) is 8.42 Å². The highest BCUT2D eigenvalue weighted by atomic mass is 32.2. The molecule has 0 radical (unpaired) electrons. The second kappa shape index (κ2) is 6.03. The number of hydrogen-bond donors (Lipinski definition) is 1. The zero-order valence-electron chi connectivity index (χ0n) is 12.2. The van der Waals surface area contributed by atoms with Crippen LogP contribution in [-0.4, -0.2) is 30.9 Å². The van der Waals surface area contributed by atoms with Crippen LogP contribution in [0.25, 0.3) is 0 Å². The van der Waals surface area contributed by atoms with E-state index in [4.69, 9.17) is 0 Å². The Labute approximate surface area is 116 Å². The van der Waals surface area contributed by atoms with Gasteiger partial charge in [0.2, 0.25) is 10.0 Å². The fourth-order valence-corrected chi connectivity index (χ4v) is 3.66. The van der Waals surface area contributed by atoms with Gasteiger partial charge in [0.1, 0.15) is 0 Å². The van der Waals surface area contributed by atoms with E-state index in [0.717, 1.165) is 0 Å². The Balaban J connectivity index is 3.28.